The number of hydrogen-bond donors (Lipinski definition) is 2. The van der Waals surface area contributed by atoms with Crippen molar-refractivity contribution < 1.29 is 13.2 Å². The van der Waals surface area contributed by atoms with Gasteiger partial charge < -0.3 is 10.6 Å². The van der Waals surface area contributed by atoms with Crippen molar-refractivity contribution in [2.24, 2.45) is 0 Å². The minimum absolute atomic E-state index is 0. The van der Waals surface area contributed by atoms with Crippen molar-refractivity contribution in [3.8, 4) is 0 Å². The number of carbonyl (C=O) groups is 1. The first-order valence-corrected chi connectivity index (χ1v) is 9.47. The molecule has 7 heteroatoms. The van der Waals surface area contributed by atoms with E-state index in [-0.39, 0.29) is 12.4 Å². The summed E-state index contributed by atoms with van der Waals surface area (Å²) in [6, 6.07) is 7.57. The zero-order valence-electron chi connectivity index (χ0n) is 13.8. The zero-order valence-corrected chi connectivity index (χ0v) is 15.4. The monoisotopic (exact) mass is 360 g/mol. The van der Waals surface area contributed by atoms with Crippen molar-refractivity contribution in [3.63, 3.8) is 0 Å². The largest absolute Gasteiger partial charge is 0.325 e. The molecule has 1 aromatic rings. The molecule has 5 nitrogen and oxygen atoms in total. The summed E-state index contributed by atoms with van der Waals surface area (Å²) in [4.78, 5) is 12.7. The Morgan fingerprint density at radius 1 is 1.26 bits per heavy atom. The Kier molecular flexibility index (Phi) is 6.62. The van der Waals surface area contributed by atoms with Crippen molar-refractivity contribution in [1.29, 1.82) is 0 Å². The summed E-state index contributed by atoms with van der Waals surface area (Å²) >= 11 is 0. The van der Waals surface area contributed by atoms with Crippen LogP contribution in [0.2, 0.25) is 0 Å². The summed E-state index contributed by atoms with van der Waals surface area (Å²) in [5.41, 5.74) is 1.76. The van der Waals surface area contributed by atoms with Crippen molar-refractivity contribution in [2.75, 3.05) is 24.7 Å². The minimum Gasteiger partial charge on any atom is -0.325 e. The van der Waals surface area contributed by atoms with Crippen LogP contribution in [0.15, 0.2) is 24.3 Å². The van der Waals surface area contributed by atoms with Gasteiger partial charge >= 0.3 is 0 Å². The Balaban J connectivity index is 0.00000264. The lowest BCUT2D eigenvalue weighted by atomic mass is 9.95. The Labute approximate surface area is 144 Å². The van der Waals surface area contributed by atoms with Gasteiger partial charge in [-0.25, -0.2) is 8.42 Å². The van der Waals surface area contributed by atoms with Gasteiger partial charge in [0.2, 0.25) is 5.91 Å². The molecule has 1 fully saturated rings. The first-order valence-electron chi connectivity index (χ1n) is 7.58. The Morgan fingerprint density at radius 3 is 2.39 bits per heavy atom. The molecule has 23 heavy (non-hydrogen) atoms. The second-order valence-corrected chi connectivity index (χ2v) is 8.58. The molecule has 0 saturated carbocycles. The van der Waals surface area contributed by atoms with Crippen LogP contribution in [0.3, 0.4) is 0 Å². The highest BCUT2D eigenvalue weighted by Gasteiger charge is 2.48. The fourth-order valence-corrected chi connectivity index (χ4v) is 4.15. The Bertz CT molecular complexity index is 653. The summed E-state index contributed by atoms with van der Waals surface area (Å²) < 4.78 is 23.1. The number of sulfone groups is 1. The first-order chi connectivity index (χ1) is 10.3. The summed E-state index contributed by atoms with van der Waals surface area (Å²) in [5, 5.41) is 5.92. The molecule has 130 valence electrons. The fraction of sp³-hybridized carbons (Fsp3) is 0.562. The van der Waals surface area contributed by atoms with Crippen LogP contribution in [0.1, 0.15) is 38.2 Å². The molecule has 2 N–H and O–H groups in total. The predicted octanol–water partition coefficient (Wildman–Crippen LogP) is 2.34. The molecule has 0 bridgehead atoms. The quantitative estimate of drug-likeness (QED) is 0.864. The molecular weight excluding hydrogens is 336 g/mol. The molecule has 1 aliphatic heterocycles. The summed E-state index contributed by atoms with van der Waals surface area (Å²) in [6.45, 7) is 5.22. The lowest BCUT2D eigenvalue weighted by Gasteiger charge is -2.34. The average Bonchev–Trinajstić information content (AvgIpc) is 2.47. The second kappa shape index (κ2) is 7.64. The highest BCUT2D eigenvalue weighted by atomic mass is 35.5. The molecule has 0 unspecified atom stereocenters. The Hall–Kier alpha value is -1.11. The van der Waals surface area contributed by atoms with Gasteiger partial charge in [-0.2, -0.15) is 0 Å². The third-order valence-electron chi connectivity index (χ3n) is 4.35. The topological polar surface area (TPSA) is 75.3 Å². The number of rotatable bonds is 4. The van der Waals surface area contributed by atoms with E-state index >= 15 is 0 Å². The summed E-state index contributed by atoms with van der Waals surface area (Å²) in [7, 11) is -3.49. The van der Waals surface area contributed by atoms with Crippen LogP contribution in [0.5, 0.6) is 0 Å². The van der Waals surface area contributed by atoms with Gasteiger partial charge in [0.15, 0.2) is 14.6 Å². The van der Waals surface area contributed by atoms with E-state index in [1.165, 1.54) is 0 Å². The van der Waals surface area contributed by atoms with E-state index in [1.54, 1.807) is 6.07 Å². The molecule has 0 aromatic heterocycles. The van der Waals surface area contributed by atoms with Crippen LogP contribution in [-0.4, -0.2) is 38.4 Å². The molecule has 1 aromatic carbocycles. The van der Waals surface area contributed by atoms with Gasteiger partial charge in [-0.05, 0) is 49.5 Å². The number of anilines is 1. The first kappa shape index (κ1) is 19.9. The molecule has 1 amide bonds. The minimum atomic E-state index is -3.49. The molecule has 0 spiro atoms. The van der Waals surface area contributed by atoms with Crippen molar-refractivity contribution in [3.05, 3.63) is 29.8 Å². The van der Waals surface area contributed by atoms with E-state index in [0.29, 0.717) is 37.5 Å². The normalized spacial score (nSPS) is 17.4. The van der Waals surface area contributed by atoms with E-state index in [9.17, 15) is 13.2 Å². The summed E-state index contributed by atoms with van der Waals surface area (Å²) in [6.07, 6.45) is 1.77. The highest BCUT2D eigenvalue weighted by molar-refractivity contribution is 7.92. The summed E-state index contributed by atoms with van der Waals surface area (Å²) in [5.74, 6) is -0.0722. The number of nitrogens with one attached hydrogen (secondary N) is 2. The number of benzene rings is 1. The van der Waals surface area contributed by atoms with Crippen LogP contribution in [-0.2, 0) is 14.6 Å². The van der Waals surface area contributed by atoms with E-state index in [2.05, 4.69) is 24.5 Å². The van der Waals surface area contributed by atoms with Crippen LogP contribution in [0, 0.1) is 0 Å². The average molecular weight is 361 g/mol. The molecule has 1 heterocycles. The molecule has 1 aliphatic rings. The van der Waals surface area contributed by atoms with Crippen LogP contribution in [0.25, 0.3) is 0 Å². The number of hydrogen-bond acceptors (Lipinski definition) is 4. The van der Waals surface area contributed by atoms with Gasteiger partial charge in [-0.1, -0.05) is 26.0 Å². The van der Waals surface area contributed by atoms with E-state index < -0.39 is 20.5 Å². The van der Waals surface area contributed by atoms with E-state index in [1.807, 2.05) is 18.2 Å². The van der Waals surface area contributed by atoms with Crippen molar-refractivity contribution in [2.45, 2.75) is 37.4 Å². The molecule has 0 radical (unpaired) electrons. The van der Waals surface area contributed by atoms with Crippen molar-refractivity contribution >= 4 is 33.8 Å². The van der Waals surface area contributed by atoms with Crippen LogP contribution in [0.4, 0.5) is 5.69 Å². The van der Waals surface area contributed by atoms with Gasteiger partial charge in [0, 0.05) is 11.9 Å². The predicted molar refractivity (Wildman–Crippen MR) is 96.1 cm³/mol. The van der Waals surface area contributed by atoms with Gasteiger partial charge in [0.1, 0.15) is 0 Å². The number of carbonyl (C=O) groups excluding carboxylic acids is 1. The highest BCUT2D eigenvalue weighted by Crippen LogP contribution is 2.30. The van der Waals surface area contributed by atoms with Gasteiger partial charge in [-0.15, -0.1) is 12.4 Å². The number of piperidine rings is 1. The SMILES string of the molecule is CC(C)c1cccc(NC(=O)C2(S(C)(=O)=O)CCNCC2)c1.Cl. The van der Waals surface area contributed by atoms with E-state index in [0.717, 1.165) is 11.8 Å². The third-order valence-corrected chi connectivity index (χ3v) is 6.36. The molecule has 2 rings (SSSR count). The van der Waals surface area contributed by atoms with Crippen LogP contribution < -0.4 is 10.6 Å². The van der Waals surface area contributed by atoms with Gasteiger partial charge in [0.25, 0.3) is 0 Å². The molecule has 0 aliphatic carbocycles. The lowest BCUT2D eigenvalue weighted by Crippen LogP contribution is -2.55. The standard InChI is InChI=1S/C16H24N2O3S.ClH/c1-12(2)13-5-4-6-14(11-13)18-15(19)16(22(3,20)21)7-9-17-10-8-16;/h4-6,11-12,17H,7-10H2,1-3H3,(H,18,19);1H. The van der Waals surface area contributed by atoms with Gasteiger partial charge in [0.05, 0.1) is 0 Å². The number of halogens is 1. The smallest absolute Gasteiger partial charge is 0.245 e. The van der Waals surface area contributed by atoms with Crippen LogP contribution >= 0.6 is 12.4 Å². The third kappa shape index (κ3) is 4.25. The fourth-order valence-electron chi connectivity index (χ4n) is 2.82. The Morgan fingerprint density at radius 2 is 1.87 bits per heavy atom. The maximum absolute atomic E-state index is 12.7. The second-order valence-electron chi connectivity index (χ2n) is 6.25. The maximum Gasteiger partial charge on any atom is 0.245 e. The molecule has 1 saturated heterocycles. The molecular formula is C16H25ClN2O3S. The number of amides is 1. The zero-order chi connectivity index (χ0) is 16.4. The maximum atomic E-state index is 12.7. The lowest BCUT2D eigenvalue weighted by molar-refractivity contribution is -0.119. The van der Waals surface area contributed by atoms with Crippen molar-refractivity contribution in [1.82, 2.24) is 5.32 Å². The van der Waals surface area contributed by atoms with E-state index in [4.69, 9.17) is 0 Å². The molecule has 0 atom stereocenters. The van der Waals surface area contributed by atoms with Gasteiger partial charge in [-0.3, -0.25) is 4.79 Å².